The molecule has 0 aliphatic carbocycles. The maximum atomic E-state index is 12.9. The number of nitrogens with zero attached hydrogens (tertiary/aromatic N) is 2. The fourth-order valence-corrected chi connectivity index (χ4v) is 4.86. The lowest BCUT2D eigenvalue weighted by Crippen LogP contribution is -2.37. The molecule has 0 atom stereocenters. The summed E-state index contributed by atoms with van der Waals surface area (Å²) in [6, 6.07) is 16.2. The predicted molar refractivity (Wildman–Crippen MR) is 109 cm³/mol. The number of H-pyrrole nitrogens is 1. The molecule has 3 aromatic rings. The SMILES string of the molecule is Cc1ccc(S(=O)(=O)N2CCc3c([nH]n(CCOc4ccccc4)c3=O)C2)cc1. The number of para-hydroxylation sites is 1. The first-order valence-electron chi connectivity index (χ1n) is 9.50. The number of sulfonamides is 1. The van der Waals surface area contributed by atoms with E-state index in [2.05, 4.69) is 5.10 Å². The van der Waals surface area contributed by atoms with Crippen LogP contribution in [0.4, 0.5) is 0 Å². The Morgan fingerprint density at radius 1 is 1.07 bits per heavy atom. The van der Waals surface area contributed by atoms with Gasteiger partial charge >= 0.3 is 0 Å². The molecule has 4 rings (SSSR count). The molecule has 8 heteroatoms. The van der Waals surface area contributed by atoms with Crippen LogP contribution < -0.4 is 10.3 Å². The molecule has 7 nitrogen and oxygen atoms in total. The number of nitrogens with one attached hydrogen (secondary N) is 1. The number of hydrogen-bond acceptors (Lipinski definition) is 4. The zero-order valence-corrected chi connectivity index (χ0v) is 17.0. The Bertz CT molecular complexity index is 1150. The number of benzene rings is 2. The van der Waals surface area contributed by atoms with Crippen molar-refractivity contribution >= 4 is 10.0 Å². The van der Waals surface area contributed by atoms with E-state index in [1.165, 1.54) is 8.99 Å². The number of aromatic nitrogens is 2. The van der Waals surface area contributed by atoms with Crippen LogP contribution in [0.2, 0.25) is 0 Å². The van der Waals surface area contributed by atoms with E-state index in [9.17, 15) is 13.2 Å². The van der Waals surface area contributed by atoms with Crippen molar-refractivity contribution in [3.8, 4) is 5.75 Å². The number of aryl methyl sites for hydroxylation is 1. The van der Waals surface area contributed by atoms with E-state index >= 15 is 0 Å². The summed E-state index contributed by atoms with van der Waals surface area (Å²) in [7, 11) is -3.60. The van der Waals surface area contributed by atoms with E-state index in [1.807, 2.05) is 37.3 Å². The molecule has 0 fully saturated rings. The van der Waals surface area contributed by atoms with Crippen molar-refractivity contribution in [2.75, 3.05) is 13.2 Å². The quantitative estimate of drug-likeness (QED) is 0.672. The van der Waals surface area contributed by atoms with Crippen LogP contribution in [0.15, 0.2) is 64.3 Å². The van der Waals surface area contributed by atoms with Crippen LogP contribution >= 0.6 is 0 Å². The summed E-state index contributed by atoms with van der Waals surface area (Å²) in [5.74, 6) is 0.743. The van der Waals surface area contributed by atoms with Gasteiger partial charge < -0.3 is 4.74 Å². The van der Waals surface area contributed by atoms with Crippen LogP contribution in [0.3, 0.4) is 0 Å². The molecule has 0 saturated carbocycles. The number of hydrogen-bond donors (Lipinski definition) is 1. The van der Waals surface area contributed by atoms with Gasteiger partial charge in [0.25, 0.3) is 5.56 Å². The lowest BCUT2D eigenvalue weighted by atomic mass is 10.1. The van der Waals surface area contributed by atoms with Gasteiger partial charge in [-0.15, -0.1) is 0 Å². The normalized spacial score (nSPS) is 14.5. The van der Waals surface area contributed by atoms with Gasteiger partial charge in [-0.2, -0.15) is 4.31 Å². The molecule has 1 aromatic heterocycles. The number of rotatable bonds is 6. The molecule has 2 aromatic carbocycles. The first-order valence-corrected chi connectivity index (χ1v) is 10.9. The van der Waals surface area contributed by atoms with Gasteiger partial charge in [0.1, 0.15) is 12.4 Å². The molecule has 0 unspecified atom stereocenters. The van der Waals surface area contributed by atoms with Crippen LogP contribution in [0.25, 0.3) is 0 Å². The highest BCUT2D eigenvalue weighted by Gasteiger charge is 2.31. The Balaban J connectivity index is 1.48. The van der Waals surface area contributed by atoms with Crippen molar-refractivity contribution < 1.29 is 13.2 Å². The average Bonchev–Trinajstić information content (AvgIpc) is 3.04. The van der Waals surface area contributed by atoms with Gasteiger partial charge in [-0.25, -0.2) is 13.1 Å². The van der Waals surface area contributed by atoms with E-state index in [4.69, 9.17) is 4.74 Å². The largest absolute Gasteiger partial charge is 0.492 e. The molecule has 1 aliphatic rings. The van der Waals surface area contributed by atoms with Gasteiger partial charge in [-0.1, -0.05) is 35.9 Å². The first-order chi connectivity index (χ1) is 13.9. The predicted octanol–water partition coefficient (Wildman–Crippen LogP) is 2.31. The van der Waals surface area contributed by atoms with E-state index < -0.39 is 10.0 Å². The Morgan fingerprint density at radius 2 is 1.79 bits per heavy atom. The molecule has 2 heterocycles. The minimum Gasteiger partial charge on any atom is -0.492 e. The van der Waals surface area contributed by atoms with Gasteiger partial charge in [0.2, 0.25) is 10.0 Å². The molecule has 1 aliphatic heterocycles. The van der Waals surface area contributed by atoms with Crippen LogP contribution in [-0.2, 0) is 29.5 Å². The van der Waals surface area contributed by atoms with E-state index in [0.717, 1.165) is 11.3 Å². The van der Waals surface area contributed by atoms with Crippen molar-refractivity contribution in [1.82, 2.24) is 14.1 Å². The van der Waals surface area contributed by atoms with Crippen molar-refractivity contribution in [1.29, 1.82) is 0 Å². The summed E-state index contributed by atoms with van der Waals surface area (Å²) in [4.78, 5) is 12.9. The fraction of sp³-hybridized carbons (Fsp3) is 0.286. The van der Waals surface area contributed by atoms with Crippen molar-refractivity contribution in [2.45, 2.75) is 31.3 Å². The molecule has 1 N–H and O–H groups in total. The fourth-order valence-electron chi connectivity index (χ4n) is 3.45. The topological polar surface area (TPSA) is 84.4 Å². The monoisotopic (exact) mass is 413 g/mol. The molecular weight excluding hydrogens is 390 g/mol. The molecular formula is C21H23N3O4S. The van der Waals surface area contributed by atoms with Gasteiger partial charge in [-0.05, 0) is 37.6 Å². The summed E-state index contributed by atoms with van der Waals surface area (Å²) in [6.45, 7) is 3.07. The van der Waals surface area contributed by atoms with Gasteiger partial charge in [-0.3, -0.25) is 9.89 Å². The molecule has 0 spiro atoms. The molecule has 0 amide bonds. The third kappa shape index (κ3) is 3.99. The van der Waals surface area contributed by atoms with Crippen LogP contribution in [0.5, 0.6) is 5.75 Å². The first kappa shape index (κ1) is 19.5. The standard InChI is InChI=1S/C21H23N3O4S/c1-16-7-9-18(10-8-16)29(26,27)23-12-11-19-20(15-23)22-24(21(19)25)13-14-28-17-5-3-2-4-6-17/h2-10,22H,11-15H2,1H3. The number of aromatic amines is 1. The van der Waals surface area contributed by atoms with Crippen molar-refractivity contribution in [2.24, 2.45) is 0 Å². The van der Waals surface area contributed by atoms with E-state index in [1.54, 1.807) is 24.3 Å². The Hall–Kier alpha value is -2.84. The highest BCUT2D eigenvalue weighted by molar-refractivity contribution is 7.89. The van der Waals surface area contributed by atoms with Gasteiger partial charge in [0.05, 0.1) is 23.7 Å². The Labute approximate surface area is 169 Å². The van der Waals surface area contributed by atoms with Crippen LogP contribution in [0.1, 0.15) is 16.8 Å². The maximum absolute atomic E-state index is 12.9. The Morgan fingerprint density at radius 3 is 2.52 bits per heavy atom. The molecule has 0 radical (unpaired) electrons. The summed E-state index contributed by atoms with van der Waals surface area (Å²) in [6.07, 6.45) is 0.391. The van der Waals surface area contributed by atoms with E-state index in [-0.39, 0.29) is 23.5 Å². The zero-order chi connectivity index (χ0) is 20.4. The van der Waals surface area contributed by atoms with Crippen molar-refractivity contribution in [3.63, 3.8) is 0 Å². The third-order valence-electron chi connectivity index (χ3n) is 5.07. The van der Waals surface area contributed by atoms with Gasteiger partial charge in [0, 0.05) is 12.1 Å². The lowest BCUT2D eigenvalue weighted by Gasteiger charge is -2.25. The summed E-state index contributed by atoms with van der Waals surface area (Å²) in [5, 5.41) is 3.07. The minimum atomic E-state index is -3.60. The highest BCUT2D eigenvalue weighted by atomic mass is 32.2. The second kappa shape index (κ2) is 7.88. The summed E-state index contributed by atoms with van der Waals surface area (Å²) in [5.41, 5.74) is 2.20. The van der Waals surface area contributed by atoms with Crippen LogP contribution in [0, 0.1) is 6.92 Å². The second-order valence-corrected chi connectivity index (χ2v) is 9.03. The lowest BCUT2D eigenvalue weighted by molar-refractivity contribution is 0.288. The zero-order valence-electron chi connectivity index (χ0n) is 16.2. The maximum Gasteiger partial charge on any atom is 0.270 e. The summed E-state index contributed by atoms with van der Waals surface area (Å²) < 4.78 is 34.4. The van der Waals surface area contributed by atoms with Crippen molar-refractivity contribution in [3.05, 3.63) is 81.8 Å². The summed E-state index contributed by atoms with van der Waals surface area (Å²) >= 11 is 0. The average molecular weight is 413 g/mol. The second-order valence-electron chi connectivity index (χ2n) is 7.09. The molecule has 0 bridgehead atoms. The van der Waals surface area contributed by atoms with Gasteiger partial charge in [0.15, 0.2) is 0 Å². The molecule has 152 valence electrons. The number of ether oxygens (including phenoxy) is 1. The highest BCUT2D eigenvalue weighted by Crippen LogP contribution is 2.23. The molecule has 29 heavy (non-hydrogen) atoms. The minimum absolute atomic E-state index is 0.107. The molecule has 0 saturated heterocycles. The smallest absolute Gasteiger partial charge is 0.270 e. The van der Waals surface area contributed by atoms with E-state index in [0.29, 0.717) is 30.8 Å². The Kier molecular flexibility index (Phi) is 5.29. The number of fused-ring (bicyclic) bond motifs is 1. The third-order valence-corrected chi connectivity index (χ3v) is 6.93. The van der Waals surface area contributed by atoms with Crippen LogP contribution in [-0.4, -0.2) is 35.7 Å².